The van der Waals surface area contributed by atoms with Crippen molar-refractivity contribution in [2.75, 3.05) is 0 Å². The number of aromatic nitrogens is 2. The molecular weight excluding hydrogens is 444 g/mol. The van der Waals surface area contributed by atoms with Crippen molar-refractivity contribution in [2.24, 2.45) is 0 Å². The molecule has 0 atom stereocenters. The molecule has 0 bridgehead atoms. The van der Waals surface area contributed by atoms with Crippen molar-refractivity contribution in [2.45, 2.75) is 0 Å². The average molecular weight is 454 g/mol. The number of para-hydroxylation sites is 1. The third-order valence-corrected chi connectivity index (χ3v) is 5.42. The maximum atomic E-state index is 10.2. The van der Waals surface area contributed by atoms with Crippen molar-refractivity contribution >= 4 is 75.5 Å². The van der Waals surface area contributed by atoms with E-state index >= 15 is 0 Å². The van der Waals surface area contributed by atoms with Gasteiger partial charge in [0.2, 0.25) is 0 Å². The van der Waals surface area contributed by atoms with Gasteiger partial charge in [-0.05, 0) is 47.2 Å². The second-order valence-electron chi connectivity index (χ2n) is 5.95. The molecule has 1 N–H and O–H groups in total. The summed E-state index contributed by atoms with van der Waals surface area (Å²) in [6, 6.07) is 17.7. The topological polar surface area (TPSA) is 46.0 Å². The molecule has 5 aromatic rings. The molecule has 5 heteroatoms. The molecule has 0 spiro atoms. The molecule has 25 heavy (non-hydrogen) atoms. The molecule has 0 amide bonds. The summed E-state index contributed by atoms with van der Waals surface area (Å²) in [6.45, 7) is 0. The Morgan fingerprint density at radius 1 is 0.640 bits per heavy atom. The summed E-state index contributed by atoms with van der Waals surface area (Å²) in [5, 5.41) is 14.5. The van der Waals surface area contributed by atoms with Crippen LogP contribution in [0.2, 0.25) is 0 Å². The highest BCUT2D eigenvalue weighted by Gasteiger charge is 2.14. The van der Waals surface area contributed by atoms with Crippen LogP contribution >= 0.6 is 31.9 Å². The molecule has 0 aliphatic carbocycles. The zero-order valence-corrected chi connectivity index (χ0v) is 16.0. The number of hydrogen-bond donors (Lipinski definition) is 1. The SMILES string of the molecule is Oc1cccc2nc3c4cc(Br)ccc4c4ccc(Br)cc4c3nc12. The highest BCUT2D eigenvalue weighted by atomic mass is 79.9. The van der Waals surface area contributed by atoms with Gasteiger partial charge in [-0.2, -0.15) is 0 Å². The lowest BCUT2D eigenvalue weighted by atomic mass is 9.99. The third kappa shape index (κ3) is 2.23. The van der Waals surface area contributed by atoms with E-state index in [0.29, 0.717) is 11.0 Å². The lowest BCUT2D eigenvalue weighted by Crippen LogP contribution is -1.92. The van der Waals surface area contributed by atoms with Crippen molar-refractivity contribution in [3.63, 3.8) is 0 Å². The van der Waals surface area contributed by atoms with Crippen LogP contribution < -0.4 is 0 Å². The van der Waals surface area contributed by atoms with Gasteiger partial charge in [0.05, 0.1) is 16.6 Å². The first-order chi connectivity index (χ1) is 12.1. The van der Waals surface area contributed by atoms with Gasteiger partial charge in [0.25, 0.3) is 0 Å². The van der Waals surface area contributed by atoms with Gasteiger partial charge in [-0.3, -0.25) is 0 Å². The number of rotatable bonds is 0. The molecule has 0 saturated heterocycles. The second-order valence-corrected chi connectivity index (χ2v) is 7.78. The van der Waals surface area contributed by atoms with Crippen LogP contribution in [0.1, 0.15) is 0 Å². The highest BCUT2D eigenvalue weighted by molar-refractivity contribution is 9.10. The van der Waals surface area contributed by atoms with E-state index in [1.54, 1.807) is 12.1 Å². The van der Waals surface area contributed by atoms with E-state index in [0.717, 1.165) is 41.5 Å². The number of aromatic hydroxyl groups is 1. The van der Waals surface area contributed by atoms with E-state index < -0.39 is 0 Å². The van der Waals surface area contributed by atoms with E-state index in [9.17, 15) is 5.11 Å². The minimum Gasteiger partial charge on any atom is -0.506 e. The Morgan fingerprint density at radius 2 is 1.24 bits per heavy atom. The van der Waals surface area contributed by atoms with Gasteiger partial charge in [-0.15, -0.1) is 0 Å². The molecule has 0 saturated carbocycles. The van der Waals surface area contributed by atoms with Gasteiger partial charge >= 0.3 is 0 Å². The quantitative estimate of drug-likeness (QED) is 0.220. The molecule has 5 rings (SSSR count). The highest BCUT2D eigenvalue weighted by Crippen LogP contribution is 2.37. The smallest absolute Gasteiger partial charge is 0.143 e. The molecular formula is C20H10Br2N2O. The van der Waals surface area contributed by atoms with Crippen LogP contribution in [0, 0.1) is 0 Å². The molecule has 1 aromatic heterocycles. The summed E-state index contributed by atoms with van der Waals surface area (Å²) in [5.74, 6) is 0.143. The molecule has 0 fully saturated rings. The molecule has 1 heterocycles. The van der Waals surface area contributed by atoms with Crippen LogP contribution in [-0.2, 0) is 0 Å². The van der Waals surface area contributed by atoms with Crippen LogP contribution in [0.3, 0.4) is 0 Å². The first-order valence-corrected chi connectivity index (χ1v) is 9.30. The number of phenols is 1. The largest absolute Gasteiger partial charge is 0.506 e. The van der Waals surface area contributed by atoms with Crippen molar-refractivity contribution in [3.8, 4) is 5.75 Å². The van der Waals surface area contributed by atoms with Gasteiger partial charge in [0.1, 0.15) is 11.3 Å². The number of fused-ring (bicyclic) bond motifs is 7. The maximum Gasteiger partial charge on any atom is 0.143 e. The molecule has 4 aromatic carbocycles. The monoisotopic (exact) mass is 452 g/mol. The van der Waals surface area contributed by atoms with Gasteiger partial charge < -0.3 is 5.11 Å². The van der Waals surface area contributed by atoms with Crippen LogP contribution in [0.5, 0.6) is 5.75 Å². The molecule has 3 nitrogen and oxygen atoms in total. The molecule has 120 valence electrons. The fourth-order valence-electron chi connectivity index (χ4n) is 3.33. The fourth-order valence-corrected chi connectivity index (χ4v) is 4.05. The molecule has 0 aliphatic heterocycles. The zero-order valence-electron chi connectivity index (χ0n) is 12.8. The number of phenolic OH excluding ortho intramolecular Hbond substituents is 1. The van der Waals surface area contributed by atoms with Crippen LogP contribution in [0.25, 0.3) is 43.6 Å². The number of hydrogen-bond acceptors (Lipinski definition) is 3. The summed E-state index contributed by atoms with van der Waals surface area (Å²) in [6.07, 6.45) is 0. The average Bonchev–Trinajstić information content (AvgIpc) is 2.61. The Hall–Kier alpha value is -2.24. The Labute approximate surface area is 159 Å². The Kier molecular flexibility index (Phi) is 3.24. The predicted octanol–water partition coefficient (Wildman–Crippen LogP) is 6.32. The number of halogens is 2. The third-order valence-electron chi connectivity index (χ3n) is 4.44. The summed E-state index contributed by atoms with van der Waals surface area (Å²) in [5.41, 5.74) is 2.82. The van der Waals surface area contributed by atoms with Crippen molar-refractivity contribution in [3.05, 3.63) is 63.5 Å². The number of nitrogens with zero attached hydrogens (tertiary/aromatic N) is 2. The lowest BCUT2D eigenvalue weighted by Gasteiger charge is -2.11. The minimum absolute atomic E-state index is 0.143. The fraction of sp³-hybridized carbons (Fsp3) is 0. The van der Waals surface area contributed by atoms with E-state index in [1.165, 1.54) is 0 Å². The van der Waals surface area contributed by atoms with Crippen LogP contribution in [0.4, 0.5) is 0 Å². The molecule has 0 unspecified atom stereocenters. The van der Waals surface area contributed by atoms with E-state index in [2.05, 4.69) is 56.1 Å². The Balaban J connectivity index is 2.15. The van der Waals surface area contributed by atoms with Crippen LogP contribution in [0.15, 0.2) is 63.5 Å². The number of benzene rings is 4. The van der Waals surface area contributed by atoms with Crippen molar-refractivity contribution in [1.82, 2.24) is 9.97 Å². The summed E-state index contributed by atoms with van der Waals surface area (Å²) >= 11 is 7.11. The van der Waals surface area contributed by atoms with E-state index in [4.69, 9.17) is 9.97 Å². The summed E-state index contributed by atoms with van der Waals surface area (Å²) in [4.78, 5) is 9.61. The Bertz CT molecular complexity index is 1330. The summed E-state index contributed by atoms with van der Waals surface area (Å²) in [7, 11) is 0. The Morgan fingerprint density at radius 3 is 1.88 bits per heavy atom. The van der Waals surface area contributed by atoms with E-state index in [1.807, 2.05) is 18.2 Å². The van der Waals surface area contributed by atoms with Crippen LogP contribution in [-0.4, -0.2) is 15.1 Å². The minimum atomic E-state index is 0.143. The standard InChI is InChI=1S/C20H10Br2N2O/c21-10-4-6-12-13-7-5-11(22)9-15(13)19-18(14(12)8-10)23-16-2-1-3-17(25)20(16)24-19/h1-9,25H. The zero-order chi connectivity index (χ0) is 17.1. The van der Waals surface area contributed by atoms with Crippen molar-refractivity contribution in [1.29, 1.82) is 0 Å². The molecule has 0 radical (unpaired) electrons. The molecule has 0 aliphatic rings. The van der Waals surface area contributed by atoms with E-state index in [-0.39, 0.29) is 5.75 Å². The van der Waals surface area contributed by atoms with Crippen molar-refractivity contribution < 1.29 is 5.11 Å². The lowest BCUT2D eigenvalue weighted by molar-refractivity contribution is 0.480. The predicted molar refractivity (Wildman–Crippen MR) is 109 cm³/mol. The van der Waals surface area contributed by atoms with Gasteiger partial charge in [0, 0.05) is 19.7 Å². The normalized spacial score (nSPS) is 11.8. The van der Waals surface area contributed by atoms with Gasteiger partial charge in [-0.25, -0.2) is 9.97 Å². The van der Waals surface area contributed by atoms with Gasteiger partial charge in [0.15, 0.2) is 0 Å². The first-order valence-electron chi connectivity index (χ1n) is 7.72. The summed E-state index contributed by atoms with van der Waals surface area (Å²) < 4.78 is 1.98. The van der Waals surface area contributed by atoms with Gasteiger partial charge in [-0.1, -0.05) is 50.1 Å². The maximum absolute atomic E-state index is 10.2. The second kappa shape index (κ2) is 5.38. The first kappa shape index (κ1) is 15.0.